The largest absolute Gasteiger partial charge is 0.435 e. The number of amides is 1. The lowest BCUT2D eigenvalue weighted by Crippen LogP contribution is -2.49. The fraction of sp³-hybridized carbons (Fsp3) is 0.632. The van der Waals surface area contributed by atoms with E-state index in [1.807, 2.05) is 4.90 Å². The van der Waals surface area contributed by atoms with Crippen LogP contribution in [0.4, 0.5) is 8.78 Å². The summed E-state index contributed by atoms with van der Waals surface area (Å²) >= 11 is 0. The zero-order valence-electron chi connectivity index (χ0n) is 14.6. The van der Waals surface area contributed by atoms with E-state index >= 15 is 0 Å². The van der Waals surface area contributed by atoms with Crippen LogP contribution in [0.2, 0.25) is 0 Å². The van der Waals surface area contributed by atoms with E-state index in [0.29, 0.717) is 26.2 Å². The molecule has 1 aliphatic heterocycles. The van der Waals surface area contributed by atoms with Crippen LogP contribution in [-0.4, -0.2) is 43.7 Å². The Balaban J connectivity index is 1.47. The quantitative estimate of drug-likeness (QED) is 0.870. The molecule has 1 amide bonds. The van der Waals surface area contributed by atoms with Crippen LogP contribution in [0.1, 0.15) is 37.4 Å². The summed E-state index contributed by atoms with van der Waals surface area (Å²) in [4.78, 5) is 15.0. The average Bonchev–Trinajstić information content (AvgIpc) is 3.32. The van der Waals surface area contributed by atoms with Gasteiger partial charge in [-0.25, -0.2) is 0 Å². The van der Waals surface area contributed by atoms with E-state index in [-0.39, 0.29) is 23.2 Å². The van der Waals surface area contributed by atoms with Crippen LogP contribution < -0.4 is 10.5 Å². The van der Waals surface area contributed by atoms with Crippen molar-refractivity contribution in [3.63, 3.8) is 0 Å². The molecule has 0 radical (unpaired) electrons. The second-order valence-electron chi connectivity index (χ2n) is 7.66. The second-order valence-corrected chi connectivity index (χ2v) is 7.66. The molecule has 1 aromatic carbocycles. The standard InChI is InChI=1S/C19H24F2N2O3/c20-17(21)26-14-4-1-3-13(9-14)15-10-23(7-8-25-15)16(24)19(12-22)11-18(19)5-2-6-18/h1,3-4,9,15,17H,2,5-8,10-12,22H2. The second kappa shape index (κ2) is 6.46. The first kappa shape index (κ1) is 17.7. The number of alkyl halides is 2. The normalized spacial score (nSPS) is 29.5. The number of morpholine rings is 1. The van der Waals surface area contributed by atoms with Gasteiger partial charge in [0.05, 0.1) is 18.6 Å². The molecule has 2 atom stereocenters. The Morgan fingerprint density at radius 1 is 1.42 bits per heavy atom. The van der Waals surface area contributed by atoms with Crippen molar-refractivity contribution in [2.24, 2.45) is 16.6 Å². The van der Waals surface area contributed by atoms with Gasteiger partial charge >= 0.3 is 6.61 Å². The molecule has 4 rings (SSSR count). The van der Waals surface area contributed by atoms with E-state index in [2.05, 4.69) is 4.74 Å². The summed E-state index contributed by atoms with van der Waals surface area (Å²) in [6.45, 7) is -1.10. The van der Waals surface area contributed by atoms with Crippen LogP contribution >= 0.6 is 0 Å². The van der Waals surface area contributed by atoms with Gasteiger partial charge in [-0.2, -0.15) is 8.78 Å². The van der Waals surface area contributed by atoms with Gasteiger partial charge in [0, 0.05) is 13.1 Å². The predicted octanol–water partition coefficient (Wildman–Crippen LogP) is 2.71. The SMILES string of the molecule is NCC1(C(=O)N2CCOC(c3cccc(OC(F)F)c3)C2)CC12CCC2. The molecule has 26 heavy (non-hydrogen) atoms. The first-order chi connectivity index (χ1) is 12.5. The Kier molecular flexibility index (Phi) is 4.39. The number of nitrogens with two attached hydrogens (primary N) is 1. The van der Waals surface area contributed by atoms with Crippen molar-refractivity contribution < 1.29 is 23.0 Å². The number of ether oxygens (including phenoxy) is 2. The van der Waals surface area contributed by atoms with Crippen molar-refractivity contribution in [2.45, 2.75) is 38.4 Å². The molecule has 2 aliphatic carbocycles. The Bertz CT molecular complexity index is 695. The summed E-state index contributed by atoms with van der Waals surface area (Å²) < 4.78 is 35.1. The van der Waals surface area contributed by atoms with Crippen molar-refractivity contribution in [2.75, 3.05) is 26.2 Å². The molecule has 1 aromatic rings. The van der Waals surface area contributed by atoms with Crippen LogP contribution in [0.3, 0.4) is 0 Å². The molecule has 2 saturated carbocycles. The van der Waals surface area contributed by atoms with Crippen molar-refractivity contribution in [1.29, 1.82) is 0 Å². The summed E-state index contributed by atoms with van der Waals surface area (Å²) in [5, 5.41) is 0. The molecule has 142 valence electrons. The van der Waals surface area contributed by atoms with Crippen molar-refractivity contribution in [1.82, 2.24) is 4.90 Å². The molecule has 3 aliphatic rings. The number of carbonyl (C=O) groups excluding carboxylic acids is 1. The van der Waals surface area contributed by atoms with Crippen LogP contribution in [0.15, 0.2) is 24.3 Å². The van der Waals surface area contributed by atoms with Crippen molar-refractivity contribution >= 4 is 5.91 Å². The maximum absolute atomic E-state index is 13.2. The molecule has 3 fully saturated rings. The summed E-state index contributed by atoms with van der Waals surface area (Å²) in [7, 11) is 0. The molecule has 2 N–H and O–H groups in total. The van der Waals surface area contributed by atoms with Gasteiger partial charge in [-0.15, -0.1) is 0 Å². The summed E-state index contributed by atoms with van der Waals surface area (Å²) in [5.41, 5.74) is 6.48. The topological polar surface area (TPSA) is 64.8 Å². The Morgan fingerprint density at radius 3 is 2.85 bits per heavy atom. The number of hydrogen-bond acceptors (Lipinski definition) is 4. The highest BCUT2D eigenvalue weighted by Crippen LogP contribution is 2.74. The molecular weight excluding hydrogens is 342 g/mol. The zero-order valence-corrected chi connectivity index (χ0v) is 14.6. The molecule has 5 nitrogen and oxygen atoms in total. The minimum atomic E-state index is -2.87. The van der Waals surface area contributed by atoms with Gasteiger partial charge in [0.1, 0.15) is 11.9 Å². The lowest BCUT2D eigenvalue weighted by atomic mass is 9.74. The van der Waals surface area contributed by atoms with Crippen molar-refractivity contribution in [3.05, 3.63) is 29.8 Å². The van der Waals surface area contributed by atoms with Crippen LogP contribution in [0.25, 0.3) is 0 Å². The van der Waals surface area contributed by atoms with Crippen LogP contribution in [-0.2, 0) is 9.53 Å². The van der Waals surface area contributed by atoms with Gasteiger partial charge in [-0.05, 0) is 42.4 Å². The van der Waals surface area contributed by atoms with E-state index in [4.69, 9.17) is 10.5 Å². The van der Waals surface area contributed by atoms with E-state index in [0.717, 1.165) is 24.8 Å². The summed E-state index contributed by atoms with van der Waals surface area (Å²) in [6, 6.07) is 6.49. The van der Waals surface area contributed by atoms with E-state index in [1.165, 1.54) is 12.5 Å². The first-order valence-electron chi connectivity index (χ1n) is 9.16. The average molecular weight is 366 g/mol. The highest BCUT2D eigenvalue weighted by atomic mass is 19.3. The number of carbonyl (C=O) groups is 1. The molecule has 2 unspecified atom stereocenters. The van der Waals surface area contributed by atoms with E-state index in [1.54, 1.807) is 18.2 Å². The third-order valence-corrected chi connectivity index (χ3v) is 6.41. The minimum Gasteiger partial charge on any atom is -0.435 e. The lowest BCUT2D eigenvalue weighted by molar-refractivity contribution is -0.146. The van der Waals surface area contributed by atoms with Gasteiger partial charge in [0.15, 0.2) is 0 Å². The van der Waals surface area contributed by atoms with Gasteiger partial charge in [-0.3, -0.25) is 4.79 Å². The molecular formula is C19H24F2N2O3. The predicted molar refractivity (Wildman–Crippen MR) is 90.7 cm³/mol. The van der Waals surface area contributed by atoms with E-state index < -0.39 is 12.0 Å². The summed E-state index contributed by atoms with van der Waals surface area (Å²) in [5.74, 6) is 0.228. The zero-order chi connectivity index (χ0) is 18.4. The van der Waals surface area contributed by atoms with Gasteiger partial charge in [0.2, 0.25) is 5.91 Å². The third-order valence-electron chi connectivity index (χ3n) is 6.41. The Hall–Kier alpha value is -1.73. The molecule has 1 saturated heterocycles. The first-order valence-corrected chi connectivity index (χ1v) is 9.16. The molecule has 0 bridgehead atoms. The molecule has 1 spiro atoms. The van der Waals surface area contributed by atoms with Crippen LogP contribution in [0, 0.1) is 10.8 Å². The Morgan fingerprint density at radius 2 is 2.23 bits per heavy atom. The monoisotopic (exact) mass is 366 g/mol. The highest BCUT2D eigenvalue weighted by molar-refractivity contribution is 5.88. The summed E-state index contributed by atoms with van der Waals surface area (Å²) in [6.07, 6.45) is 3.92. The molecule has 0 aromatic heterocycles. The lowest BCUT2D eigenvalue weighted by Gasteiger charge is -2.38. The Labute approximate surface area is 151 Å². The number of benzene rings is 1. The van der Waals surface area contributed by atoms with E-state index in [9.17, 15) is 13.6 Å². The van der Waals surface area contributed by atoms with Gasteiger partial charge in [0.25, 0.3) is 0 Å². The fourth-order valence-electron chi connectivity index (χ4n) is 4.70. The highest BCUT2D eigenvalue weighted by Gasteiger charge is 2.73. The van der Waals surface area contributed by atoms with Crippen molar-refractivity contribution in [3.8, 4) is 5.75 Å². The molecule has 7 heteroatoms. The van der Waals surface area contributed by atoms with Gasteiger partial charge in [-0.1, -0.05) is 18.6 Å². The van der Waals surface area contributed by atoms with Gasteiger partial charge < -0.3 is 20.1 Å². The maximum atomic E-state index is 13.2. The number of hydrogen-bond donors (Lipinski definition) is 1. The van der Waals surface area contributed by atoms with Crippen LogP contribution in [0.5, 0.6) is 5.75 Å². The number of rotatable bonds is 5. The maximum Gasteiger partial charge on any atom is 0.387 e. The number of nitrogens with zero attached hydrogens (tertiary/aromatic N) is 1. The molecule has 1 heterocycles. The third kappa shape index (κ3) is 2.77. The smallest absolute Gasteiger partial charge is 0.387 e. The fourth-order valence-corrected chi connectivity index (χ4v) is 4.70. The minimum absolute atomic E-state index is 0.0959. The number of halogens is 2.